The molecule has 1 aliphatic heterocycles. The minimum atomic E-state index is -0.557. The number of fused-ring (bicyclic) bond motifs is 1. The van der Waals surface area contributed by atoms with Crippen molar-refractivity contribution < 1.29 is 9.59 Å². The Morgan fingerprint density at radius 2 is 2.00 bits per heavy atom. The number of carbonyl (C=O) groups excluding carboxylic acids is 2. The van der Waals surface area contributed by atoms with Gasteiger partial charge in [0.1, 0.15) is 6.04 Å². The van der Waals surface area contributed by atoms with E-state index in [4.69, 9.17) is 23.2 Å². The zero-order chi connectivity index (χ0) is 20.5. The summed E-state index contributed by atoms with van der Waals surface area (Å²) < 4.78 is 0.838. The summed E-state index contributed by atoms with van der Waals surface area (Å²) >= 11 is 17.0. The van der Waals surface area contributed by atoms with Crippen molar-refractivity contribution in [2.75, 3.05) is 5.32 Å². The highest BCUT2D eigenvalue weighted by Gasteiger charge is 2.38. The van der Waals surface area contributed by atoms with Gasteiger partial charge in [0.05, 0.1) is 20.0 Å². The third-order valence-electron chi connectivity index (χ3n) is 5.65. The molecular formula is C20H20BrCl2N3O2S. The van der Waals surface area contributed by atoms with Crippen molar-refractivity contribution in [2.45, 2.75) is 51.1 Å². The predicted molar refractivity (Wildman–Crippen MR) is 120 cm³/mol. The molecule has 0 spiro atoms. The van der Waals surface area contributed by atoms with Gasteiger partial charge in [-0.3, -0.25) is 9.59 Å². The Labute approximate surface area is 191 Å². The first kappa shape index (κ1) is 21.1. The van der Waals surface area contributed by atoms with Crippen LogP contribution in [0.3, 0.4) is 0 Å². The summed E-state index contributed by atoms with van der Waals surface area (Å²) in [6, 6.07) is 2.78. The van der Waals surface area contributed by atoms with Crippen LogP contribution in [0.2, 0.25) is 10.0 Å². The smallest absolute Gasteiger partial charge is 0.255 e. The Morgan fingerprint density at radius 3 is 2.69 bits per heavy atom. The third-order valence-corrected chi connectivity index (χ3v) is 7.76. The highest BCUT2D eigenvalue weighted by Crippen LogP contribution is 2.35. The number of halogens is 3. The van der Waals surface area contributed by atoms with Crippen LogP contribution in [0.1, 0.15) is 54.4 Å². The second-order valence-electron chi connectivity index (χ2n) is 7.57. The Kier molecular flexibility index (Phi) is 6.49. The number of aromatic nitrogens is 1. The maximum atomic E-state index is 13.2. The van der Waals surface area contributed by atoms with Crippen molar-refractivity contribution in [3.8, 4) is 0 Å². The van der Waals surface area contributed by atoms with Gasteiger partial charge in [-0.1, -0.05) is 66.6 Å². The van der Waals surface area contributed by atoms with Crippen molar-refractivity contribution in [1.29, 1.82) is 0 Å². The number of carbonyl (C=O) groups is 2. The molecule has 0 radical (unpaired) electrons. The van der Waals surface area contributed by atoms with Gasteiger partial charge < -0.3 is 10.2 Å². The fourth-order valence-corrected chi connectivity index (χ4v) is 5.65. The van der Waals surface area contributed by atoms with E-state index in [0.29, 0.717) is 39.6 Å². The van der Waals surface area contributed by atoms with E-state index in [9.17, 15) is 9.59 Å². The SMILES string of the molecule is O=C(Nc1ncc(Br)s1)[C@H](CC1CCCCC1)N1Cc2cc(Cl)c(Cl)cc2C1=O. The molecule has 1 N–H and O–H groups in total. The highest BCUT2D eigenvalue weighted by molar-refractivity contribution is 9.11. The van der Waals surface area contributed by atoms with E-state index in [-0.39, 0.29) is 11.8 Å². The summed E-state index contributed by atoms with van der Waals surface area (Å²) in [6.45, 7) is 0.359. The largest absolute Gasteiger partial charge is 0.322 e. The summed E-state index contributed by atoms with van der Waals surface area (Å²) in [5.74, 6) is 0.0665. The monoisotopic (exact) mass is 515 g/mol. The molecule has 1 aliphatic carbocycles. The number of thiazole rings is 1. The van der Waals surface area contributed by atoms with E-state index in [1.807, 2.05) is 0 Å². The minimum absolute atomic E-state index is 0.171. The Bertz CT molecular complexity index is 946. The fourth-order valence-electron chi connectivity index (χ4n) is 4.20. The van der Waals surface area contributed by atoms with Crippen molar-refractivity contribution in [3.63, 3.8) is 0 Å². The summed E-state index contributed by atoms with van der Waals surface area (Å²) in [5.41, 5.74) is 1.33. The molecule has 1 aromatic carbocycles. The van der Waals surface area contributed by atoms with Gasteiger partial charge in [0.2, 0.25) is 5.91 Å². The molecule has 1 fully saturated rings. The summed E-state index contributed by atoms with van der Waals surface area (Å²) in [6.07, 6.45) is 8.09. The van der Waals surface area contributed by atoms with Gasteiger partial charge in [-0.25, -0.2) is 4.98 Å². The molecule has 1 atom stereocenters. The van der Waals surface area contributed by atoms with E-state index in [2.05, 4.69) is 26.2 Å². The van der Waals surface area contributed by atoms with E-state index in [0.717, 1.165) is 22.2 Å². The van der Waals surface area contributed by atoms with Crippen LogP contribution in [0, 0.1) is 5.92 Å². The van der Waals surface area contributed by atoms with E-state index in [1.165, 1.54) is 30.6 Å². The van der Waals surface area contributed by atoms with Crippen LogP contribution in [-0.4, -0.2) is 27.7 Å². The van der Waals surface area contributed by atoms with Gasteiger partial charge in [0, 0.05) is 12.1 Å². The van der Waals surface area contributed by atoms with Crippen LogP contribution in [-0.2, 0) is 11.3 Å². The molecule has 0 unspecified atom stereocenters. The van der Waals surface area contributed by atoms with Gasteiger partial charge in [-0.15, -0.1) is 0 Å². The van der Waals surface area contributed by atoms with E-state index in [1.54, 1.807) is 23.2 Å². The first-order valence-corrected chi connectivity index (χ1v) is 12.0. The quantitative estimate of drug-likeness (QED) is 0.518. The Morgan fingerprint density at radius 1 is 1.28 bits per heavy atom. The summed E-state index contributed by atoms with van der Waals surface area (Å²) in [5, 5.41) is 4.18. The second-order valence-corrected chi connectivity index (χ2v) is 10.8. The molecule has 0 saturated heterocycles. The van der Waals surface area contributed by atoms with Crippen molar-refractivity contribution >= 4 is 67.4 Å². The summed E-state index contributed by atoms with van der Waals surface area (Å²) in [4.78, 5) is 32.2. The number of hydrogen-bond acceptors (Lipinski definition) is 4. The molecule has 2 aliphatic rings. The average Bonchev–Trinajstić information content (AvgIpc) is 3.24. The summed E-state index contributed by atoms with van der Waals surface area (Å²) in [7, 11) is 0. The Balaban J connectivity index is 1.59. The molecule has 2 aromatic rings. The van der Waals surface area contributed by atoms with Crippen molar-refractivity contribution in [1.82, 2.24) is 9.88 Å². The normalized spacial score (nSPS) is 18.0. The highest BCUT2D eigenvalue weighted by atomic mass is 79.9. The maximum Gasteiger partial charge on any atom is 0.255 e. The first-order chi connectivity index (χ1) is 13.9. The van der Waals surface area contributed by atoms with Crippen LogP contribution >= 0.6 is 50.5 Å². The van der Waals surface area contributed by atoms with E-state index < -0.39 is 6.04 Å². The number of hydrogen-bond donors (Lipinski definition) is 1. The molecule has 2 amide bonds. The number of benzene rings is 1. The predicted octanol–water partition coefficient (Wildman–Crippen LogP) is 6.15. The molecule has 1 saturated carbocycles. The molecule has 0 bridgehead atoms. The molecule has 9 heteroatoms. The number of amides is 2. The van der Waals surface area contributed by atoms with Crippen LogP contribution in [0.25, 0.3) is 0 Å². The standard InChI is InChI=1S/C20H20BrCl2N3O2S/c21-17-9-24-20(29-17)25-18(27)16(6-11-4-2-1-3-5-11)26-10-12-7-14(22)15(23)8-13(12)19(26)28/h7-9,11,16H,1-6,10H2,(H,24,25,27)/t16-/m0/s1. The number of rotatable bonds is 5. The number of nitrogens with one attached hydrogen (secondary N) is 1. The maximum absolute atomic E-state index is 13.2. The lowest BCUT2D eigenvalue weighted by Crippen LogP contribution is -2.45. The van der Waals surface area contributed by atoms with E-state index >= 15 is 0 Å². The van der Waals surface area contributed by atoms with Crippen LogP contribution < -0.4 is 5.32 Å². The van der Waals surface area contributed by atoms with Crippen LogP contribution in [0.15, 0.2) is 22.1 Å². The van der Waals surface area contributed by atoms with Gasteiger partial charge in [-0.2, -0.15) is 0 Å². The van der Waals surface area contributed by atoms with Crippen LogP contribution in [0.4, 0.5) is 5.13 Å². The number of anilines is 1. The second kappa shape index (κ2) is 8.92. The fraction of sp³-hybridized carbons (Fsp3) is 0.450. The topological polar surface area (TPSA) is 62.3 Å². The molecule has 29 heavy (non-hydrogen) atoms. The molecule has 5 nitrogen and oxygen atoms in total. The van der Waals surface area contributed by atoms with Gasteiger partial charge in [0.15, 0.2) is 5.13 Å². The lowest BCUT2D eigenvalue weighted by atomic mass is 9.84. The average molecular weight is 517 g/mol. The lowest BCUT2D eigenvalue weighted by molar-refractivity contribution is -0.121. The first-order valence-electron chi connectivity index (χ1n) is 9.63. The number of nitrogens with zero attached hydrogens (tertiary/aromatic N) is 2. The van der Waals surface area contributed by atoms with Gasteiger partial charge >= 0.3 is 0 Å². The molecule has 1 aromatic heterocycles. The van der Waals surface area contributed by atoms with Crippen LogP contribution in [0.5, 0.6) is 0 Å². The third kappa shape index (κ3) is 4.63. The molecule has 154 valence electrons. The van der Waals surface area contributed by atoms with Crippen molar-refractivity contribution in [2.24, 2.45) is 5.92 Å². The molecular weight excluding hydrogens is 497 g/mol. The van der Waals surface area contributed by atoms with Gasteiger partial charge in [-0.05, 0) is 46.0 Å². The molecule has 4 rings (SSSR count). The van der Waals surface area contributed by atoms with Gasteiger partial charge in [0.25, 0.3) is 5.91 Å². The zero-order valence-corrected chi connectivity index (χ0v) is 19.5. The lowest BCUT2D eigenvalue weighted by Gasteiger charge is -2.31. The minimum Gasteiger partial charge on any atom is -0.322 e. The van der Waals surface area contributed by atoms with Crippen molar-refractivity contribution in [3.05, 3.63) is 43.3 Å². The molecule has 2 heterocycles. The Hall–Kier alpha value is -1.15. The zero-order valence-electron chi connectivity index (χ0n) is 15.6.